The van der Waals surface area contributed by atoms with E-state index in [-0.39, 0.29) is 12.1 Å². The van der Waals surface area contributed by atoms with Gasteiger partial charge in [0, 0.05) is 50.1 Å². The Hall–Kier alpha value is -2.57. The normalized spacial score (nSPS) is 18.1. The summed E-state index contributed by atoms with van der Waals surface area (Å²) in [5.41, 5.74) is 6.72. The first kappa shape index (κ1) is 19.7. The SMILES string of the molecule is COCCN(C)CCC1Cc2cc3c(cc2CC(=O)O1)CN=C3c1ccncc1. The van der Waals surface area contributed by atoms with Crippen molar-refractivity contribution in [3.63, 3.8) is 0 Å². The molecule has 0 radical (unpaired) electrons. The molecule has 0 aliphatic carbocycles. The van der Waals surface area contributed by atoms with Gasteiger partial charge in [0.05, 0.1) is 25.3 Å². The molecule has 0 N–H and O–H groups in total. The van der Waals surface area contributed by atoms with Crippen molar-refractivity contribution in [3.05, 3.63) is 64.5 Å². The minimum atomic E-state index is -0.137. The van der Waals surface area contributed by atoms with Crippen LogP contribution in [-0.2, 0) is 33.7 Å². The number of benzene rings is 1. The predicted molar refractivity (Wildman–Crippen MR) is 111 cm³/mol. The second-order valence-electron chi connectivity index (χ2n) is 7.76. The van der Waals surface area contributed by atoms with Gasteiger partial charge < -0.3 is 14.4 Å². The lowest BCUT2D eigenvalue weighted by Crippen LogP contribution is -2.29. The average molecular weight is 393 g/mol. The molecule has 1 aromatic heterocycles. The van der Waals surface area contributed by atoms with Crippen molar-refractivity contribution in [2.24, 2.45) is 4.99 Å². The Labute approximate surface area is 171 Å². The standard InChI is InChI=1S/C23H27N3O3/c1-26(9-10-28-2)8-5-20-12-18-13-21-19(11-17(18)14-22(27)29-20)15-25-23(21)16-3-6-24-7-4-16/h3-4,6-7,11,13,20H,5,8-10,12,14-15H2,1-2H3. The number of hydrogen-bond donors (Lipinski definition) is 0. The summed E-state index contributed by atoms with van der Waals surface area (Å²) in [5, 5.41) is 0. The molecular weight excluding hydrogens is 366 g/mol. The van der Waals surface area contributed by atoms with E-state index >= 15 is 0 Å². The summed E-state index contributed by atoms with van der Waals surface area (Å²) in [6, 6.07) is 8.35. The van der Waals surface area contributed by atoms with Crippen LogP contribution in [0.15, 0.2) is 41.7 Å². The Kier molecular flexibility index (Phi) is 6.02. The van der Waals surface area contributed by atoms with Gasteiger partial charge >= 0.3 is 5.97 Å². The molecule has 3 heterocycles. The van der Waals surface area contributed by atoms with Gasteiger partial charge in [-0.15, -0.1) is 0 Å². The molecule has 2 aromatic rings. The first-order chi connectivity index (χ1) is 14.1. The van der Waals surface area contributed by atoms with Crippen LogP contribution in [0.4, 0.5) is 0 Å². The Morgan fingerprint density at radius 2 is 2.00 bits per heavy atom. The highest BCUT2D eigenvalue weighted by atomic mass is 16.5. The smallest absolute Gasteiger partial charge is 0.310 e. The maximum atomic E-state index is 12.4. The highest BCUT2D eigenvalue weighted by Crippen LogP contribution is 2.29. The van der Waals surface area contributed by atoms with E-state index in [2.05, 4.69) is 29.1 Å². The predicted octanol–water partition coefficient (Wildman–Crippen LogP) is 2.41. The molecule has 0 bridgehead atoms. The van der Waals surface area contributed by atoms with E-state index in [1.165, 1.54) is 16.7 Å². The largest absolute Gasteiger partial charge is 0.462 e. The lowest BCUT2D eigenvalue weighted by atomic mass is 9.91. The quantitative estimate of drug-likeness (QED) is 0.676. The van der Waals surface area contributed by atoms with Crippen molar-refractivity contribution in [1.82, 2.24) is 9.88 Å². The second kappa shape index (κ2) is 8.84. The number of rotatable bonds is 7. The summed E-state index contributed by atoms with van der Waals surface area (Å²) < 4.78 is 10.9. The number of methoxy groups -OCH3 is 1. The fraction of sp³-hybridized carbons (Fsp3) is 0.435. The average Bonchev–Trinajstić information content (AvgIpc) is 3.06. The molecule has 0 saturated carbocycles. The number of nitrogens with zero attached hydrogens (tertiary/aromatic N) is 3. The van der Waals surface area contributed by atoms with Crippen molar-refractivity contribution in [2.45, 2.75) is 31.9 Å². The topological polar surface area (TPSA) is 64.0 Å². The molecule has 1 aromatic carbocycles. The zero-order chi connectivity index (χ0) is 20.2. The first-order valence-corrected chi connectivity index (χ1v) is 10.1. The Morgan fingerprint density at radius 3 is 2.79 bits per heavy atom. The summed E-state index contributed by atoms with van der Waals surface area (Å²) in [5.74, 6) is -0.137. The van der Waals surface area contributed by atoms with Gasteiger partial charge in [0.2, 0.25) is 0 Å². The van der Waals surface area contributed by atoms with Gasteiger partial charge in [-0.05, 0) is 48.4 Å². The number of esters is 1. The molecule has 0 fully saturated rings. The lowest BCUT2D eigenvalue weighted by Gasteiger charge is -2.21. The van der Waals surface area contributed by atoms with Gasteiger partial charge in [-0.2, -0.15) is 0 Å². The molecule has 0 saturated heterocycles. The highest BCUT2D eigenvalue weighted by Gasteiger charge is 2.26. The van der Waals surface area contributed by atoms with Crippen molar-refractivity contribution in [1.29, 1.82) is 0 Å². The number of ether oxygens (including phenoxy) is 2. The fourth-order valence-corrected chi connectivity index (χ4v) is 4.01. The van der Waals surface area contributed by atoms with Crippen LogP contribution >= 0.6 is 0 Å². The van der Waals surface area contributed by atoms with Crippen LogP contribution in [0.3, 0.4) is 0 Å². The van der Waals surface area contributed by atoms with E-state index < -0.39 is 0 Å². The van der Waals surface area contributed by atoms with Crippen molar-refractivity contribution in [2.75, 3.05) is 33.9 Å². The van der Waals surface area contributed by atoms with Gasteiger partial charge in [0.25, 0.3) is 0 Å². The number of aliphatic imine (C=N–C) groups is 1. The summed E-state index contributed by atoms with van der Waals surface area (Å²) in [6.07, 6.45) is 5.38. The summed E-state index contributed by atoms with van der Waals surface area (Å²) in [4.78, 5) is 23.4. The molecule has 4 rings (SSSR count). The number of hydrogen-bond acceptors (Lipinski definition) is 6. The highest BCUT2D eigenvalue weighted by molar-refractivity contribution is 6.15. The van der Waals surface area contributed by atoms with E-state index in [0.29, 0.717) is 19.6 Å². The monoisotopic (exact) mass is 393 g/mol. The van der Waals surface area contributed by atoms with Crippen LogP contribution in [-0.4, -0.2) is 61.5 Å². The van der Waals surface area contributed by atoms with Crippen LogP contribution in [0.5, 0.6) is 0 Å². The van der Waals surface area contributed by atoms with E-state index in [4.69, 9.17) is 14.5 Å². The minimum Gasteiger partial charge on any atom is -0.462 e. The number of likely N-dealkylation sites (N-methyl/N-ethyl adjacent to an activating group) is 1. The van der Waals surface area contributed by atoms with Crippen LogP contribution in [0.1, 0.15) is 34.2 Å². The van der Waals surface area contributed by atoms with Gasteiger partial charge in [-0.3, -0.25) is 14.8 Å². The van der Waals surface area contributed by atoms with Gasteiger partial charge in [0.15, 0.2) is 0 Å². The molecule has 1 unspecified atom stereocenters. The summed E-state index contributed by atoms with van der Waals surface area (Å²) in [6.45, 7) is 3.09. The maximum absolute atomic E-state index is 12.4. The van der Waals surface area contributed by atoms with Crippen LogP contribution < -0.4 is 0 Å². The third-order valence-electron chi connectivity index (χ3n) is 5.63. The molecule has 152 valence electrons. The Balaban J connectivity index is 1.53. The number of fused-ring (bicyclic) bond motifs is 2. The molecule has 0 spiro atoms. The lowest BCUT2D eigenvalue weighted by molar-refractivity contribution is -0.148. The molecule has 2 aliphatic rings. The summed E-state index contributed by atoms with van der Waals surface area (Å²) in [7, 11) is 3.77. The number of carbonyl (C=O) groups excluding carboxylic acids is 1. The molecule has 6 nitrogen and oxygen atoms in total. The third-order valence-corrected chi connectivity index (χ3v) is 5.63. The van der Waals surface area contributed by atoms with Gasteiger partial charge in [-0.25, -0.2) is 0 Å². The van der Waals surface area contributed by atoms with Crippen molar-refractivity contribution >= 4 is 11.7 Å². The maximum Gasteiger partial charge on any atom is 0.310 e. The zero-order valence-corrected chi connectivity index (χ0v) is 17.1. The van der Waals surface area contributed by atoms with E-state index in [1.807, 2.05) is 12.1 Å². The summed E-state index contributed by atoms with van der Waals surface area (Å²) >= 11 is 0. The fourth-order valence-electron chi connectivity index (χ4n) is 4.01. The Bertz CT molecular complexity index is 911. The van der Waals surface area contributed by atoms with E-state index in [0.717, 1.165) is 42.8 Å². The van der Waals surface area contributed by atoms with Crippen LogP contribution in [0.2, 0.25) is 0 Å². The Morgan fingerprint density at radius 1 is 1.17 bits per heavy atom. The number of cyclic esters (lactones) is 1. The third kappa shape index (κ3) is 4.54. The molecular formula is C23H27N3O3. The van der Waals surface area contributed by atoms with Gasteiger partial charge in [-0.1, -0.05) is 6.07 Å². The van der Waals surface area contributed by atoms with Crippen LogP contribution in [0.25, 0.3) is 0 Å². The molecule has 1 atom stereocenters. The number of pyridine rings is 1. The molecule has 29 heavy (non-hydrogen) atoms. The molecule has 0 amide bonds. The minimum absolute atomic E-state index is 0.102. The van der Waals surface area contributed by atoms with Crippen molar-refractivity contribution in [3.8, 4) is 0 Å². The second-order valence-corrected chi connectivity index (χ2v) is 7.76. The first-order valence-electron chi connectivity index (χ1n) is 10.1. The van der Waals surface area contributed by atoms with Crippen molar-refractivity contribution < 1.29 is 14.3 Å². The number of carbonyl (C=O) groups is 1. The van der Waals surface area contributed by atoms with E-state index in [1.54, 1.807) is 19.5 Å². The number of aromatic nitrogens is 1. The van der Waals surface area contributed by atoms with Gasteiger partial charge in [0.1, 0.15) is 6.10 Å². The zero-order valence-electron chi connectivity index (χ0n) is 17.1. The molecule has 2 aliphatic heterocycles. The van der Waals surface area contributed by atoms with Crippen LogP contribution in [0, 0.1) is 0 Å². The molecule has 6 heteroatoms. The van der Waals surface area contributed by atoms with E-state index in [9.17, 15) is 4.79 Å².